The molecule has 7 nitrogen and oxygen atoms in total. The summed E-state index contributed by atoms with van der Waals surface area (Å²) in [5, 5.41) is 3.50. The summed E-state index contributed by atoms with van der Waals surface area (Å²) in [5.74, 6) is 0.420. The first kappa shape index (κ1) is 24.6. The van der Waals surface area contributed by atoms with Gasteiger partial charge in [-0.3, -0.25) is 4.79 Å². The Labute approximate surface area is 202 Å². The molecule has 0 bridgehead atoms. The van der Waals surface area contributed by atoms with Crippen LogP contribution in [0.15, 0.2) is 71.3 Å². The van der Waals surface area contributed by atoms with E-state index in [4.69, 9.17) is 32.4 Å². The molecular formula is C24H25Cl2N3O4. The van der Waals surface area contributed by atoms with Crippen molar-refractivity contribution in [2.75, 3.05) is 32.1 Å². The van der Waals surface area contributed by atoms with E-state index in [9.17, 15) is 9.59 Å². The average Bonchev–Trinajstić information content (AvgIpc) is 3.31. The minimum absolute atomic E-state index is 0.145. The minimum Gasteiger partial charge on any atom is -0.467 e. The van der Waals surface area contributed by atoms with E-state index < -0.39 is 6.03 Å². The summed E-state index contributed by atoms with van der Waals surface area (Å²) in [4.78, 5) is 29.3. The Morgan fingerprint density at radius 1 is 1.00 bits per heavy atom. The molecular weight excluding hydrogens is 465 g/mol. The lowest BCUT2D eigenvalue weighted by Crippen LogP contribution is -2.45. The van der Waals surface area contributed by atoms with Gasteiger partial charge in [0.15, 0.2) is 0 Å². The van der Waals surface area contributed by atoms with Crippen LogP contribution >= 0.6 is 23.2 Å². The van der Waals surface area contributed by atoms with Crippen molar-refractivity contribution in [1.29, 1.82) is 0 Å². The maximum Gasteiger partial charge on any atom is 0.322 e. The molecule has 3 aromatic rings. The van der Waals surface area contributed by atoms with Gasteiger partial charge in [0.05, 0.1) is 30.1 Å². The number of hydrogen-bond donors (Lipinski definition) is 1. The van der Waals surface area contributed by atoms with Crippen LogP contribution in [-0.2, 0) is 22.6 Å². The van der Waals surface area contributed by atoms with Gasteiger partial charge in [0.2, 0.25) is 5.91 Å². The van der Waals surface area contributed by atoms with Crippen molar-refractivity contribution in [3.63, 3.8) is 0 Å². The van der Waals surface area contributed by atoms with Crippen molar-refractivity contribution in [2.24, 2.45) is 0 Å². The second kappa shape index (κ2) is 12.3. The Morgan fingerprint density at radius 3 is 2.45 bits per heavy atom. The van der Waals surface area contributed by atoms with Crippen LogP contribution in [-0.4, -0.2) is 48.5 Å². The van der Waals surface area contributed by atoms with E-state index in [2.05, 4.69) is 5.32 Å². The normalized spacial score (nSPS) is 10.6. The minimum atomic E-state index is -0.470. The molecule has 2 aromatic carbocycles. The number of nitrogens with zero attached hydrogens (tertiary/aromatic N) is 2. The summed E-state index contributed by atoms with van der Waals surface area (Å²) in [7, 11) is 1.53. The van der Waals surface area contributed by atoms with Crippen LogP contribution < -0.4 is 5.32 Å². The van der Waals surface area contributed by atoms with Gasteiger partial charge in [-0.15, -0.1) is 0 Å². The van der Waals surface area contributed by atoms with Gasteiger partial charge in [-0.2, -0.15) is 0 Å². The highest BCUT2D eigenvalue weighted by molar-refractivity contribution is 6.36. The van der Waals surface area contributed by atoms with Crippen molar-refractivity contribution >= 4 is 40.8 Å². The lowest BCUT2D eigenvalue weighted by Gasteiger charge is -2.27. The van der Waals surface area contributed by atoms with Crippen LogP contribution in [0.25, 0.3) is 0 Å². The van der Waals surface area contributed by atoms with Crippen LogP contribution in [0.5, 0.6) is 0 Å². The zero-order chi connectivity index (χ0) is 23.6. The molecule has 0 unspecified atom stereocenters. The molecule has 9 heteroatoms. The number of methoxy groups -OCH3 is 1. The second-order valence-corrected chi connectivity index (χ2v) is 8.13. The van der Waals surface area contributed by atoms with E-state index >= 15 is 0 Å². The highest BCUT2D eigenvalue weighted by Crippen LogP contribution is 2.25. The van der Waals surface area contributed by atoms with Gasteiger partial charge in [0.25, 0.3) is 0 Å². The van der Waals surface area contributed by atoms with Crippen LogP contribution in [0.1, 0.15) is 11.3 Å². The molecule has 174 valence electrons. The van der Waals surface area contributed by atoms with Crippen molar-refractivity contribution in [1.82, 2.24) is 9.80 Å². The summed E-state index contributed by atoms with van der Waals surface area (Å²) in [6.45, 7) is 1.01. The van der Waals surface area contributed by atoms with Gasteiger partial charge in [-0.05, 0) is 35.9 Å². The number of benzene rings is 2. The molecule has 0 aliphatic heterocycles. The smallest absolute Gasteiger partial charge is 0.322 e. The lowest BCUT2D eigenvalue weighted by atomic mass is 10.2. The number of anilines is 1. The summed E-state index contributed by atoms with van der Waals surface area (Å²) >= 11 is 12.1. The number of rotatable bonds is 10. The first-order chi connectivity index (χ1) is 16.0. The number of urea groups is 1. The fraction of sp³-hybridized carbons (Fsp3) is 0.250. The molecule has 3 amide bonds. The first-order valence-corrected chi connectivity index (χ1v) is 11.1. The fourth-order valence-corrected chi connectivity index (χ4v) is 3.58. The average molecular weight is 490 g/mol. The third kappa shape index (κ3) is 7.53. The zero-order valence-electron chi connectivity index (χ0n) is 18.2. The third-order valence-corrected chi connectivity index (χ3v) is 5.39. The molecule has 1 aromatic heterocycles. The highest BCUT2D eigenvalue weighted by Gasteiger charge is 2.23. The number of nitrogens with one attached hydrogen (secondary N) is 1. The quantitative estimate of drug-likeness (QED) is 0.419. The van der Waals surface area contributed by atoms with E-state index in [1.54, 1.807) is 29.4 Å². The largest absolute Gasteiger partial charge is 0.467 e. The molecule has 1 N–H and O–H groups in total. The van der Waals surface area contributed by atoms with Gasteiger partial charge in [-0.25, -0.2) is 4.79 Å². The number of ether oxygens (including phenoxy) is 1. The van der Waals surface area contributed by atoms with Crippen molar-refractivity contribution in [3.8, 4) is 0 Å². The van der Waals surface area contributed by atoms with Gasteiger partial charge < -0.3 is 24.3 Å². The number of furan rings is 1. The Balaban J connectivity index is 1.74. The van der Waals surface area contributed by atoms with E-state index in [0.717, 1.165) is 5.56 Å². The molecule has 0 atom stereocenters. The van der Waals surface area contributed by atoms with Crippen molar-refractivity contribution in [2.45, 2.75) is 13.1 Å². The molecule has 0 saturated carbocycles. The predicted octanol–water partition coefficient (Wildman–Crippen LogP) is 5.30. The molecule has 1 heterocycles. The van der Waals surface area contributed by atoms with Gasteiger partial charge in [-0.1, -0.05) is 53.5 Å². The summed E-state index contributed by atoms with van der Waals surface area (Å²) in [5.41, 5.74) is 1.37. The molecule has 0 saturated heterocycles. The molecule has 0 aliphatic carbocycles. The standard InChI is InChI=1S/C24H25Cl2N3O4/c1-32-13-11-28(24(31)27-22-10-9-19(25)14-21(22)26)17-23(30)29(16-20-8-5-12-33-20)15-18-6-3-2-4-7-18/h2-10,12,14H,11,13,15-17H2,1H3,(H,27,31). The molecule has 33 heavy (non-hydrogen) atoms. The second-order valence-electron chi connectivity index (χ2n) is 7.28. The lowest BCUT2D eigenvalue weighted by molar-refractivity contribution is -0.133. The molecule has 0 fully saturated rings. The van der Waals surface area contributed by atoms with E-state index in [1.807, 2.05) is 36.4 Å². The number of carbonyl (C=O) groups excluding carboxylic acids is 2. The Hall–Kier alpha value is -3.00. The molecule has 0 aliphatic rings. The van der Waals surface area contributed by atoms with E-state index in [0.29, 0.717) is 28.0 Å². The molecule has 0 radical (unpaired) electrons. The van der Waals surface area contributed by atoms with Crippen LogP contribution in [0, 0.1) is 0 Å². The maximum atomic E-state index is 13.3. The Bertz CT molecular complexity index is 1050. The van der Waals surface area contributed by atoms with Crippen LogP contribution in [0.3, 0.4) is 0 Å². The fourth-order valence-electron chi connectivity index (χ4n) is 3.13. The summed E-state index contributed by atoms with van der Waals surface area (Å²) in [6, 6.07) is 17.5. The van der Waals surface area contributed by atoms with Gasteiger partial charge in [0.1, 0.15) is 12.3 Å². The number of halogens is 2. The van der Waals surface area contributed by atoms with E-state index in [-0.39, 0.29) is 32.1 Å². The summed E-state index contributed by atoms with van der Waals surface area (Å²) in [6.07, 6.45) is 1.56. The molecule has 3 rings (SSSR count). The number of carbonyl (C=O) groups is 2. The number of hydrogen-bond acceptors (Lipinski definition) is 4. The zero-order valence-corrected chi connectivity index (χ0v) is 19.7. The summed E-state index contributed by atoms with van der Waals surface area (Å²) < 4.78 is 10.6. The SMILES string of the molecule is COCCN(CC(=O)N(Cc1ccccc1)Cc1ccco1)C(=O)Nc1ccc(Cl)cc1Cl. The predicted molar refractivity (Wildman–Crippen MR) is 128 cm³/mol. The van der Waals surface area contributed by atoms with Gasteiger partial charge >= 0.3 is 6.03 Å². The maximum absolute atomic E-state index is 13.3. The topological polar surface area (TPSA) is 75.0 Å². The third-order valence-electron chi connectivity index (χ3n) is 4.85. The monoisotopic (exact) mass is 489 g/mol. The van der Waals surface area contributed by atoms with Gasteiger partial charge in [0, 0.05) is 25.2 Å². The van der Waals surface area contributed by atoms with Crippen molar-refractivity contribution in [3.05, 3.63) is 88.3 Å². The van der Waals surface area contributed by atoms with Crippen molar-refractivity contribution < 1.29 is 18.7 Å². The number of amides is 3. The molecule has 0 spiro atoms. The Morgan fingerprint density at radius 2 is 1.79 bits per heavy atom. The van der Waals surface area contributed by atoms with Crippen LogP contribution in [0.2, 0.25) is 10.0 Å². The van der Waals surface area contributed by atoms with E-state index in [1.165, 1.54) is 18.1 Å². The highest BCUT2D eigenvalue weighted by atomic mass is 35.5. The first-order valence-electron chi connectivity index (χ1n) is 10.3. The van der Waals surface area contributed by atoms with Crippen LogP contribution in [0.4, 0.5) is 10.5 Å². The Kier molecular flexibility index (Phi) is 9.18.